The average Bonchev–Trinajstić information content (AvgIpc) is 3.02. The summed E-state index contributed by atoms with van der Waals surface area (Å²) < 4.78 is 13.1. The molecule has 1 aromatic carbocycles. The van der Waals surface area contributed by atoms with E-state index < -0.39 is 0 Å². The van der Waals surface area contributed by atoms with E-state index in [0.717, 1.165) is 24.7 Å². The lowest BCUT2D eigenvalue weighted by atomic mass is 9.96. The third kappa shape index (κ3) is 1.66. The van der Waals surface area contributed by atoms with Crippen molar-refractivity contribution in [2.24, 2.45) is 5.73 Å². The van der Waals surface area contributed by atoms with Crippen LogP contribution in [-0.4, -0.2) is 17.5 Å². The van der Waals surface area contributed by atoms with Crippen LogP contribution in [0.2, 0.25) is 0 Å². The summed E-state index contributed by atoms with van der Waals surface area (Å²) in [7, 11) is 0. The maximum atomic E-state index is 13.1. The molecular weight excluding hydrogens is 191 g/mol. The SMILES string of the molecule is NC1CN(C2CC2)Cc2ccc(F)cc21. The molecule has 2 N–H and O–H groups in total. The molecule has 0 saturated heterocycles. The van der Waals surface area contributed by atoms with Gasteiger partial charge in [0.15, 0.2) is 0 Å². The van der Waals surface area contributed by atoms with Crippen LogP contribution in [0.25, 0.3) is 0 Å². The molecule has 1 atom stereocenters. The van der Waals surface area contributed by atoms with Crippen LogP contribution in [-0.2, 0) is 6.54 Å². The fourth-order valence-electron chi connectivity index (χ4n) is 2.41. The van der Waals surface area contributed by atoms with Gasteiger partial charge in [-0.2, -0.15) is 0 Å². The van der Waals surface area contributed by atoms with Crippen molar-refractivity contribution in [3.63, 3.8) is 0 Å². The van der Waals surface area contributed by atoms with Gasteiger partial charge in [-0.25, -0.2) is 4.39 Å². The molecule has 0 bridgehead atoms. The average molecular weight is 206 g/mol. The molecule has 2 nitrogen and oxygen atoms in total. The molecular formula is C12H15FN2. The smallest absolute Gasteiger partial charge is 0.123 e. The second kappa shape index (κ2) is 3.29. The normalized spacial score (nSPS) is 26.4. The zero-order chi connectivity index (χ0) is 10.4. The third-order valence-electron chi connectivity index (χ3n) is 3.38. The van der Waals surface area contributed by atoms with Crippen molar-refractivity contribution in [2.75, 3.05) is 6.54 Å². The number of fused-ring (bicyclic) bond motifs is 1. The van der Waals surface area contributed by atoms with Crippen LogP contribution in [0.15, 0.2) is 18.2 Å². The van der Waals surface area contributed by atoms with Crippen molar-refractivity contribution < 1.29 is 4.39 Å². The van der Waals surface area contributed by atoms with E-state index in [9.17, 15) is 4.39 Å². The Hall–Kier alpha value is -0.930. The molecule has 1 aliphatic carbocycles. The fourth-order valence-corrected chi connectivity index (χ4v) is 2.41. The van der Waals surface area contributed by atoms with Crippen molar-refractivity contribution in [3.05, 3.63) is 35.1 Å². The molecule has 0 amide bonds. The minimum absolute atomic E-state index is 0.0231. The Morgan fingerprint density at radius 1 is 1.33 bits per heavy atom. The summed E-state index contributed by atoms with van der Waals surface area (Å²) in [5.74, 6) is -0.177. The predicted octanol–water partition coefficient (Wildman–Crippen LogP) is 1.80. The number of benzene rings is 1. The van der Waals surface area contributed by atoms with Gasteiger partial charge in [-0.15, -0.1) is 0 Å². The van der Waals surface area contributed by atoms with Gasteiger partial charge in [-0.1, -0.05) is 6.07 Å². The lowest BCUT2D eigenvalue weighted by Gasteiger charge is -2.32. The van der Waals surface area contributed by atoms with Crippen molar-refractivity contribution in [2.45, 2.75) is 31.5 Å². The van der Waals surface area contributed by atoms with Gasteiger partial charge < -0.3 is 5.73 Å². The van der Waals surface area contributed by atoms with Crippen molar-refractivity contribution in [3.8, 4) is 0 Å². The molecule has 15 heavy (non-hydrogen) atoms. The van der Waals surface area contributed by atoms with Gasteiger partial charge in [0.05, 0.1) is 0 Å². The molecule has 1 fully saturated rings. The van der Waals surface area contributed by atoms with Gasteiger partial charge in [0.25, 0.3) is 0 Å². The first-order valence-corrected chi connectivity index (χ1v) is 5.52. The highest BCUT2D eigenvalue weighted by Crippen LogP contribution is 2.34. The zero-order valence-corrected chi connectivity index (χ0v) is 8.62. The van der Waals surface area contributed by atoms with Gasteiger partial charge in [0, 0.05) is 25.2 Å². The van der Waals surface area contributed by atoms with Crippen molar-refractivity contribution >= 4 is 0 Å². The standard InChI is InChI=1S/C12H15FN2/c13-9-2-1-8-6-15(10-3-4-10)7-12(14)11(8)5-9/h1-2,5,10,12H,3-4,6-7,14H2. The number of halogens is 1. The first-order chi connectivity index (χ1) is 7.24. The summed E-state index contributed by atoms with van der Waals surface area (Å²) in [5.41, 5.74) is 8.25. The van der Waals surface area contributed by atoms with Crippen LogP contribution in [0.3, 0.4) is 0 Å². The molecule has 1 saturated carbocycles. The largest absolute Gasteiger partial charge is 0.323 e. The van der Waals surface area contributed by atoms with Crippen LogP contribution in [0.5, 0.6) is 0 Å². The lowest BCUT2D eigenvalue weighted by Crippen LogP contribution is -2.38. The Morgan fingerprint density at radius 2 is 2.13 bits per heavy atom. The zero-order valence-electron chi connectivity index (χ0n) is 8.62. The summed E-state index contributed by atoms with van der Waals surface area (Å²) in [5, 5.41) is 0. The monoisotopic (exact) mass is 206 g/mol. The second-order valence-electron chi connectivity index (χ2n) is 4.61. The van der Waals surface area contributed by atoms with Gasteiger partial charge in [-0.05, 0) is 36.1 Å². The topological polar surface area (TPSA) is 29.3 Å². The molecule has 2 aliphatic rings. The van der Waals surface area contributed by atoms with E-state index in [1.165, 1.54) is 24.5 Å². The van der Waals surface area contributed by atoms with Crippen LogP contribution < -0.4 is 5.73 Å². The number of nitrogens with two attached hydrogens (primary N) is 1. The molecule has 3 rings (SSSR count). The minimum Gasteiger partial charge on any atom is -0.323 e. The molecule has 1 aliphatic heterocycles. The molecule has 1 unspecified atom stereocenters. The maximum absolute atomic E-state index is 13.1. The van der Waals surface area contributed by atoms with E-state index in [-0.39, 0.29) is 11.9 Å². The molecule has 0 aromatic heterocycles. The van der Waals surface area contributed by atoms with Crippen LogP contribution >= 0.6 is 0 Å². The van der Waals surface area contributed by atoms with E-state index in [1.54, 1.807) is 6.07 Å². The second-order valence-corrected chi connectivity index (χ2v) is 4.61. The van der Waals surface area contributed by atoms with Gasteiger partial charge >= 0.3 is 0 Å². The van der Waals surface area contributed by atoms with Crippen molar-refractivity contribution in [1.82, 2.24) is 4.90 Å². The van der Waals surface area contributed by atoms with E-state index in [1.807, 2.05) is 6.07 Å². The highest BCUT2D eigenvalue weighted by molar-refractivity contribution is 5.33. The maximum Gasteiger partial charge on any atom is 0.123 e. The Balaban J connectivity index is 1.93. The molecule has 0 radical (unpaired) electrons. The summed E-state index contributed by atoms with van der Waals surface area (Å²) in [6.45, 7) is 1.81. The molecule has 0 spiro atoms. The number of rotatable bonds is 1. The minimum atomic E-state index is -0.177. The van der Waals surface area contributed by atoms with Crippen molar-refractivity contribution in [1.29, 1.82) is 0 Å². The summed E-state index contributed by atoms with van der Waals surface area (Å²) >= 11 is 0. The van der Waals surface area contributed by atoms with Gasteiger partial charge in [0.2, 0.25) is 0 Å². The Morgan fingerprint density at radius 3 is 2.87 bits per heavy atom. The van der Waals surface area contributed by atoms with Gasteiger partial charge in [0.1, 0.15) is 5.82 Å². The predicted molar refractivity (Wildman–Crippen MR) is 56.8 cm³/mol. The van der Waals surface area contributed by atoms with E-state index in [2.05, 4.69) is 4.90 Å². The molecule has 1 aromatic rings. The Labute approximate surface area is 88.9 Å². The first-order valence-electron chi connectivity index (χ1n) is 5.52. The highest BCUT2D eigenvalue weighted by atomic mass is 19.1. The lowest BCUT2D eigenvalue weighted by molar-refractivity contribution is 0.221. The van der Waals surface area contributed by atoms with Crippen LogP contribution in [0.1, 0.15) is 30.0 Å². The summed E-state index contributed by atoms with van der Waals surface area (Å²) in [6, 6.07) is 5.70. The fraction of sp³-hybridized carbons (Fsp3) is 0.500. The first kappa shape index (κ1) is 9.31. The number of hydrogen-bond acceptors (Lipinski definition) is 2. The number of nitrogens with zero attached hydrogens (tertiary/aromatic N) is 1. The van der Waals surface area contributed by atoms with Crippen LogP contribution in [0.4, 0.5) is 4.39 Å². The Kier molecular flexibility index (Phi) is 2.04. The number of hydrogen-bond donors (Lipinski definition) is 1. The molecule has 3 heteroatoms. The third-order valence-corrected chi connectivity index (χ3v) is 3.38. The molecule has 1 heterocycles. The van der Waals surface area contributed by atoms with Crippen LogP contribution in [0, 0.1) is 5.82 Å². The van der Waals surface area contributed by atoms with Gasteiger partial charge in [-0.3, -0.25) is 4.90 Å². The summed E-state index contributed by atoms with van der Waals surface area (Å²) in [4.78, 5) is 2.42. The molecule has 80 valence electrons. The highest BCUT2D eigenvalue weighted by Gasteiger charge is 2.33. The summed E-state index contributed by atoms with van der Waals surface area (Å²) in [6.07, 6.45) is 2.59. The Bertz CT molecular complexity index is 387. The van der Waals surface area contributed by atoms with E-state index in [0.29, 0.717) is 0 Å². The van der Waals surface area contributed by atoms with E-state index in [4.69, 9.17) is 5.73 Å². The van der Waals surface area contributed by atoms with E-state index >= 15 is 0 Å². The quantitative estimate of drug-likeness (QED) is 0.759.